The highest BCUT2D eigenvalue weighted by Crippen LogP contribution is 2.38. The van der Waals surface area contributed by atoms with E-state index in [1.54, 1.807) is 18.2 Å². The van der Waals surface area contributed by atoms with Crippen LogP contribution in [-0.2, 0) is 7.05 Å². The van der Waals surface area contributed by atoms with E-state index in [1.165, 1.54) is 0 Å². The number of hydrogen-bond donors (Lipinski definition) is 1. The van der Waals surface area contributed by atoms with E-state index >= 15 is 0 Å². The maximum absolute atomic E-state index is 10.8. The smallest absolute Gasteiger partial charge is 0.108 e. The Morgan fingerprint density at radius 3 is 2.30 bits per heavy atom. The Hall–Kier alpha value is -1.45. The molecule has 0 aliphatic heterocycles. The monoisotopic (exact) mass is 365 g/mol. The second-order valence-electron chi connectivity index (χ2n) is 5.34. The molecule has 0 spiro atoms. The van der Waals surface area contributed by atoms with Crippen LogP contribution in [0.2, 0.25) is 15.1 Å². The first-order chi connectivity index (χ1) is 11.0. The minimum absolute atomic E-state index is 0.430. The lowest BCUT2D eigenvalue weighted by molar-refractivity contribution is 0.221. The van der Waals surface area contributed by atoms with E-state index < -0.39 is 6.10 Å². The number of rotatable bonds is 3. The molecule has 1 unspecified atom stereocenters. The second-order valence-corrected chi connectivity index (χ2v) is 6.59. The lowest BCUT2D eigenvalue weighted by Gasteiger charge is -2.15. The molecule has 0 amide bonds. The van der Waals surface area contributed by atoms with Crippen LogP contribution in [0.4, 0.5) is 0 Å². The van der Waals surface area contributed by atoms with Gasteiger partial charge in [-0.15, -0.1) is 0 Å². The molecular weight excluding hydrogens is 353 g/mol. The summed E-state index contributed by atoms with van der Waals surface area (Å²) >= 11 is 18.5. The molecule has 3 aromatic rings. The summed E-state index contributed by atoms with van der Waals surface area (Å²) in [7, 11) is 1.90. The topological polar surface area (TPSA) is 25.2 Å². The normalized spacial score (nSPS) is 12.4. The standard InChI is InChI=1S/C18H14Cl3NO/c1-22-9-14(12-4-2-3-5-16(12)20)15(10-22)18(23)13-7-6-11(19)8-17(13)21/h2-10,18,23H,1H3. The first-order valence-electron chi connectivity index (χ1n) is 7.01. The molecule has 2 aromatic carbocycles. The fourth-order valence-electron chi connectivity index (χ4n) is 2.62. The SMILES string of the molecule is Cn1cc(-c2ccccc2Cl)c(C(O)c2ccc(Cl)cc2Cl)c1. The van der Waals surface area contributed by atoms with Gasteiger partial charge in [-0.2, -0.15) is 0 Å². The zero-order chi connectivity index (χ0) is 16.6. The van der Waals surface area contributed by atoms with Crippen molar-refractivity contribution in [1.82, 2.24) is 4.57 Å². The predicted molar refractivity (Wildman–Crippen MR) is 96.4 cm³/mol. The molecule has 2 nitrogen and oxygen atoms in total. The van der Waals surface area contributed by atoms with Crippen LogP contribution in [-0.4, -0.2) is 9.67 Å². The summed E-state index contributed by atoms with van der Waals surface area (Å²) < 4.78 is 1.89. The summed E-state index contributed by atoms with van der Waals surface area (Å²) in [5.41, 5.74) is 3.09. The van der Waals surface area contributed by atoms with Crippen molar-refractivity contribution in [3.8, 4) is 11.1 Å². The third-order valence-electron chi connectivity index (χ3n) is 3.70. The molecule has 0 saturated carbocycles. The van der Waals surface area contributed by atoms with Gasteiger partial charge in [0, 0.05) is 56.8 Å². The van der Waals surface area contributed by atoms with Crippen LogP contribution >= 0.6 is 34.8 Å². The fourth-order valence-corrected chi connectivity index (χ4v) is 3.37. The molecule has 118 valence electrons. The molecular formula is C18H14Cl3NO. The van der Waals surface area contributed by atoms with Crippen molar-refractivity contribution >= 4 is 34.8 Å². The van der Waals surface area contributed by atoms with Crippen LogP contribution in [0.15, 0.2) is 54.9 Å². The quantitative estimate of drug-likeness (QED) is 0.629. The van der Waals surface area contributed by atoms with Crippen molar-refractivity contribution in [1.29, 1.82) is 0 Å². The third-order valence-corrected chi connectivity index (χ3v) is 4.59. The summed E-state index contributed by atoms with van der Waals surface area (Å²) in [5.74, 6) is 0. The molecule has 1 N–H and O–H groups in total. The van der Waals surface area contributed by atoms with E-state index in [2.05, 4.69) is 0 Å². The zero-order valence-electron chi connectivity index (χ0n) is 12.3. The lowest BCUT2D eigenvalue weighted by atomic mass is 9.96. The Morgan fingerprint density at radius 1 is 0.870 bits per heavy atom. The van der Waals surface area contributed by atoms with Crippen LogP contribution < -0.4 is 0 Å². The Balaban J connectivity index is 2.12. The molecule has 0 aliphatic carbocycles. The van der Waals surface area contributed by atoms with Crippen LogP contribution in [0.3, 0.4) is 0 Å². The molecule has 0 saturated heterocycles. The minimum atomic E-state index is -0.868. The van der Waals surface area contributed by atoms with E-state index in [1.807, 2.05) is 48.3 Å². The van der Waals surface area contributed by atoms with Gasteiger partial charge in [0.1, 0.15) is 6.10 Å². The number of halogens is 3. The van der Waals surface area contributed by atoms with Crippen LogP contribution in [0.5, 0.6) is 0 Å². The number of aliphatic hydroxyl groups excluding tert-OH is 1. The van der Waals surface area contributed by atoms with Gasteiger partial charge in [0.2, 0.25) is 0 Å². The lowest BCUT2D eigenvalue weighted by Crippen LogP contribution is -2.01. The Bertz CT molecular complexity index is 857. The van der Waals surface area contributed by atoms with Gasteiger partial charge < -0.3 is 9.67 Å². The molecule has 0 radical (unpaired) electrons. The first kappa shape index (κ1) is 16.4. The van der Waals surface area contributed by atoms with E-state index in [4.69, 9.17) is 34.8 Å². The summed E-state index contributed by atoms with van der Waals surface area (Å²) in [6.45, 7) is 0. The molecule has 1 heterocycles. The number of aryl methyl sites for hydroxylation is 1. The second kappa shape index (κ2) is 6.58. The zero-order valence-corrected chi connectivity index (χ0v) is 14.6. The Labute approximate surface area is 149 Å². The maximum atomic E-state index is 10.8. The fraction of sp³-hybridized carbons (Fsp3) is 0.111. The summed E-state index contributed by atoms with van der Waals surface area (Å²) in [6, 6.07) is 12.6. The van der Waals surface area contributed by atoms with Gasteiger partial charge in [-0.25, -0.2) is 0 Å². The highest BCUT2D eigenvalue weighted by molar-refractivity contribution is 6.35. The number of nitrogens with zero attached hydrogens (tertiary/aromatic N) is 1. The molecule has 23 heavy (non-hydrogen) atoms. The number of aliphatic hydroxyl groups is 1. The molecule has 0 bridgehead atoms. The van der Waals surface area contributed by atoms with Gasteiger partial charge in [-0.1, -0.05) is 59.1 Å². The highest BCUT2D eigenvalue weighted by atomic mass is 35.5. The molecule has 5 heteroatoms. The molecule has 1 aromatic heterocycles. The van der Waals surface area contributed by atoms with Crippen molar-refractivity contribution < 1.29 is 5.11 Å². The van der Waals surface area contributed by atoms with Crippen LogP contribution in [0, 0.1) is 0 Å². The van der Waals surface area contributed by atoms with Gasteiger partial charge in [0.05, 0.1) is 0 Å². The largest absolute Gasteiger partial charge is 0.384 e. The third kappa shape index (κ3) is 3.26. The summed E-state index contributed by atoms with van der Waals surface area (Å²) in [5, 5.41) is 12.4. The van der Waals surface area contributed by atoms with Crippen molar-refractivity contribution in [2.75, 3.05) is 0 Å². The minimum Gasteiger partial charge on any atom is -0.384 e. The number of hydrogen-bond acceptors (Lipinski definition) is 1. The molecule has 0 fully saturated rings. The van der Waals surface area contributed by atoms with E-state index in [0.717, 1.165) is 16.7 Å². The number of benzene rings is 2. The van der Waals surface area contributed by atoms with Crippen molar-refractivity contribution in [2.45, 2.75) is 6.10 Å². The van der Waals surface area contributed by atoms with Crippen LogP contribution in [0.1, 0.15) is 17.2 Å². The predicted octanol–water partition coefficient (Wildman–Crippen LogP) is 5.73. The van der Waals surface area contributed by atoms with Crippen molar-refractivity contribution in [3.05, 3.63) is 81.1 Å². The average Bonchev–Trinajstić information content (AvgIpc) is 2.89. The first-order valence-corrected chi connectivity index (χ1v) is 8.14. The van der Waals surface area contributed by atoms with Crippen molar-refractivity contribution in [2.24, 2.45) is 7.05 Å². The van der Waals surface area contributed by atoms with E-state index in [-0.39, 0.29) is 0 Å². The average molecular weight is 367 g/mol. The van der Waals surface area contributed by atoms with Gasteiger partial charge in [0.15, 0.2) is 0 Å². The van der Waals surface area contributed by atoms with Gasteiger partial charge in [0.25, 0.3) is 0 Å². The van der Waals surface area contributed by atoms with Gasteiger partial charge >= 0.3 is 0 Å². The van der Waals surface area contributed by atoms with E-state index in [0.29, 0.717) is 20.6 Å². The molecule has 0 aliphatic rings. The van der Waals surface area contributed by atoms with Gasteiger partial charge in [-0.3, -0.25) is 0 Å². The number of aromatic nitrogens is 1. The maximum Gasteiger partial charge on any atom is 0.108 e. The van der Waals surface area contributed by atoms with E-state index in [9.17, 15) is 5.11 Å². The van der Waals surface area contributed by atoms with Gasteiger partial charge in [-0.05, 0) is 18.2 Å². The Morgan fingerprint density at radius 2 is 1.61 bits per heavy atom. The molecule has 1 atom stereocenters. The summed E-state index contributed by atoms with van der Waals surface area (Å²) in [4.78, 5) is 0. The highest BCUT2D eigenvalue weighted by Gasteiger charge is 2.21. The summed E-state index contributed by atoms with van der Waals surface area (Å²) in [6.07, 6.45) is 2.94. The van der Waals surface area contributed by atoms with Crippen LogP contribution in [0.25, 0.3) is 11.1 Å². The van der Waals surface area contributed by atoms with Crippen molar-refractivity contribution in [3.63, 3.8) is 0 Å². The molecule has 3 rings (SSSR count). The Kier molecular flexibility index (Phi) is 4.69.